The fourth-order valence-corrected chi connectivity index (χ4v) is 3.23. The monoisotopic (exact) mass is 299 g/mol. The molecule has 114 valence electrons. The van der Waals surface area contributed by atoms with Crippen molar-refractivity contribution in [3.05, 3.63) is 18.3 Å². The first kappa shape index (κ1) is 16.9. The number of anilines is 1. The van der Waals surface area contributed by atoms with Gasteiger partial charge in [-0.15, -0.1) is 0 Å². The molecular formula is C14H25N3O2S. The van der Waals surface area contributed by atoms with Crippen LogP contribution in [0, 0.1) is 5.92 Å². The summed E-state index contributed by atoms with van der Waals surface area (Å²) in [5.41, 5.74) is 0.554. The van der Waals surface area contributed by atoms with Crippen molar-refractivity contribution in [1.82, 2.24) is 9.71 Å². The summed E-state index contributed by atoms with van der Waals surface area (Å²) in [6.07, 6.45) is 3.34. The Balaban J connectivity index is 2.97. The van der Waals surface area contributed by atoms with Crippen LogP contribution in [0.15, 0.2) is 23.4 Å². The summed E-state index contributed by atoms with van der Waals surface area (Å²) in [5, 5.41) is 3.18. The molecular weight excluding hydrogens is 274 g/mol. The van der Waals surface area contributed by atoms with E-state index < -0.39 is 10.0 Å². The number of nitrogens with zero attached hydrogens (tertiary/aromatic N) is 1. The molecule has 0 aliphatic carbocycles. The van der Waals surface area contributed by atoms with Gasteiger partial charge in [0, 0.05) is 18.8 Å². The van der Waals surface area contributed by atoms with Crippen LogP contribution in [-0.2, 0) is 10.0 Å². The predicted octanol–water partition coefficient (Wildman–Crippen LogP) is 2.62. The summed E-state index contributed by atoms with van der Waals surface area (Å²) in [7, 11) is -3.60. The number of pyridine rings is 1. The lowest BCUT2D eigenvalue weighted by Crippen LogP contribution is -2.37. The van der Waals surface area contributed by atoms with Crippen LogP contribution < -0.4 is 10.0 Å². The summed E-state index contributed by atoms with van der Waals surface area (Å²) < 4.78 is 27.6. The summed E-state index contributed by atoms with van der Waals surface area (Å²) >= 11 is 0. The molecule has 0 saturated carbocycles. The fraction of sp³-hybridized carbons (Fsp3) is 0.643. The normalized spacial score (nSPS) is 14.8. The van der Waals surface area contributed by atoms with E-state index in [-0.39, 0.29) is 17.0 Å². The van der Waals surface area contributed by atoms with Gasteiger partial charge >= 0.3 is 0 Å². The van der Waals surface area contributed by atoms with E-state index in [1.165, 1.54) is 6.20 Å². The molecule has 0 bridgehead atoms. The molecule has 1 rings (SSSR count). The van der Waals surface area contributed by atoms with Crippen LogP contribution in [0.3, 0.4) is 0 Å². The Morgan fingerprint density at radius 2 is 2.00 bits per heavy atom. The molecule has 1 aromatic rings. The highest BCUT2D eigenvalue weighted by molar-refractivity contribution is 7.89. The maximum absolute atomic E-state index is 12.4. The third kappa shape index (κ3) is 4.45. The predicted molar refractivity (Wildman–Crippen MR) is 82.3 cm³/mol. The van der Waals surface area contributed by atoms with E-state index in [0.29, 0.717) is 5.69 Å². The molecule has 6 heteroatoms. The first-order valence-corrected chi connectivity index (χ1v) is 8.61. The van der Waals surface area contributed by atoms with E-state index in [1.807, 2.05) is 27.7 Å². The zero-order chi connectivity index (χ0) is 15.2. The molecule has 1 heterocycles. The number of nitrogens with one attached hydrogen (secondary N) is 2. The average Bonchev–Trinajstić information content (AvgIpc) is 2.43. The van der Waals surface area contributed by atoms with Crippen molar-refractivity contribution in [3.8, 4) is 0 Å². The van der Waals surface area contributed by atoms with Crippen LogP contribution in [0.2, 0.25) is 0 Å². The van der Waals surface area contributed by atoms with Gasteiger partial charge in [0.05, 0.1) is 5.69 Å². The highest BCUT2D eigenvalue weighted by atomic mass is 32.2. The quantitative estimate of drug-likeness (QED) is 0.774. The molecule has 0 radical (unpaired) electrons. The molecule has 0 amide bonds. The second-order valence-electron chi connectivity index (χ2n) is 5.08. The Morgan fingerprint density at radius 3 is 2.60 bits per heavy atom. The molecule has 2 atom stereocenters. The average molecular weight is 299 g/mol. The van der Waals surface area contributed by atoms with Crippen molar-refractivity contribution in [2.24, 2.45) is 5.92 Å². The highest BCUT2D eigenvalue weighted by Crippen LogP contribution is 2.19. The van der Waals surface area contributed by atoms with Crippen LogP contribution in [0.25, 0.3) is 0 Å². The largest absolute Gasteiger partial charge is 0.383 e. The van der Waals surface area contributed by atoms with Crippen molar-refractivity contribution in [2.75, 3.05) is 11.9 Å². The minimum Gasteiger partial charge on any atom is -0.383 e. The second kappa shape index (κ2) is 7.59. The van der Waals surface area contributed by atoms with Crippen molar-refractivity contribution in [1.29, 1.82) is 0 Å². The molecule has 0 saturated heterocycles. The van der Waals surface area contributed by atoms with Gasteiger partial charge in [-0.2, -0.15) is 0 Å². The van der Waals surface area contributed by atoms with Crippen molar-refractivity contribution in [3.63, 3.8) is 0 Å². The van der Waals surface area contributed by atoms with Gasteiger partial charge in [0.1, 0.15) is 0 Å². The first-order valence-electron chi connectivity index (χ1n) is 7.13. The van der Waals surface area contributed by atoms with Gasteiger partial charge < -0.3 is 5.32 Å². The summed E-state index contributed by atoms with van der Waals surface area (Å²) in [5.74, 6) is 0.278. The Kier molecular flexibility index (Phi) is 6.42. The molecule has 2 unspecified atom stereocenters. The van der Waals surface area contributed by atoms with Crippen molar-refractivity contribution < 1.29 is 8.42 Å². The molecule has 5 nitrogen and oxygen atoms in total. The van der Waals surface area contributed by atoms with E-state index in [4.69, 9.17) is 0 Å². The number of sulfonamides is 1. The third-order valence-electron chi connectivity index (χ3n) is 3.43. The molecule has 0 spiro atoms. The Bertz CT molecular complexity index is 517. The Hall–Kier alpha value is -1.14. The summed E-state index contributed by atoms with van der Waals surface area (Å²) in [6.45, 7) is 8.70. The molecule has 0 aliphatic rings. The lowest BCUT2D eigenvalue weighted by atomic mass is 10.0. The third-order valence-corrected chi connectivity index (χ3v) is 4.95. The van der Waals surface area contributed by atoms with Gasteiger partial charge in [-0.1, -0.05) is 27.2 Å². The molecule has 2 N–H and O–H groups in total. The van der Waals surface area contributed by atoms with Crippen LogP contribution in [0.4, 0.5) is 5.69 Å². The van der Waals surface area contributed by atoms with Crippen LogP contribution in [-0.4, -0.2) is 26.0 Å². The van der Waals surface area contributed by atoms with Gasteiger partial charge in [0.2, 0.25) is 0 Å². The van der Waals surface area contributed by atoms with E-state index >= 15 is 0 Å². The van der Waals surface area contributed by atoms with Gasteiger partial charge in [-0.05, 0) is 31.4 Å². The zero-order valence-electron chi connectivity index (χ0n) is 12.7. The number of hydrogen-bond donors (Lipinski definition) is 2. The fourth-order valence-electron chi connectivity index (χ4n) is 1.77. The summed E-state index contributed by atoms with van der Waals surface area (Å²) in [4.78, 5) is 4.03. The number of aromatic nitrogens is 1. The Morgan fingerprint density at radius 1 is 1.30 bits per heavy atom. The summed E-state index contributed by atoms with van der Waals surface area (Å²) in [6, 6.07) is 3.35. The van der Waals surface area contributed by atoms with Crippen LogP contribution in [0.5, 0.6) is 0 Å². The van der Waals surface area contributed by atoms with Crippen molar-refractivity contribution >= 4 is 15.7 Å². The van der Waals surface area contributed by atoms with Crippen molar-refractivity contribution in [2.45, 2.75) is 51.6 Å². The second-order valence-corrected chi connectivity index (χ2v) is 6.71. The highest BCUT2D eigenvalue weighted by Gasteiger charge is 2.24. The molecule has 0 fully saturated rings. The number of hydrogen-bond acceptors (Lipinski definition) is 4. The van der Waals surface area contributed by atoms with E-state index in [9.17, 15) is 8.42 Å². The van der Waals surface area contributed by atoms with Gasteiger partial charge in [-0.25, -0.2) is 18.1 Å². The zero-order valence-corrected chi connectivity index (χ0v) is 13.5. The van der Waals surface area contributed by atoms with Crippen LogP contribution >= 0.6 is 0 Å². The first-order chi connectivity index (χ1) is 9.42. The lowest BCUT2D eigenvalue weighted by molar-refractivity contribution is 0.433. The van der Waals surface area contributed by atoms with Gasteiger partial charge in [0.15, 0.2) is 5.03 Å². The molecule has 20 heavy (non-hydrogen) atoms. The minimum absolute atomic E-state index is 0.0728. The van der Waals surface area contributed by atoms with E-state index in [0.717, 1.165) is 19.4 Å². The van der Waals surface area contributed by atoms with Crippen LogP contribution in [0.1, 0.15) is 40.5 Å². The smallest absolute Gasteiger partial charge is 0.260 e. The topological polar surface area (TPSA) is 71.1 Å². The molecule has 0 aromatic carbocycles. The lowest BCUT2D eigenvalue weighted by Gasteiger charge is -2.20. The maximum atomic E-state index is 12.4. The van der Waals surface area contributed by atoms with E-state index in [1.54, 1.807) is 12.1 Å². The number of rotatable bonds is 8. The molecule has 1 aromatic heterocycles. The van der Waals surface area contributed by atoms with Gasteiger partial charge in [0.25, 0.3) is 10.0 Å². The van der Waals surface area contributed by atoms with Gasteiger partial charge in [-0.3, -0.25) is 0 Å². The molecule has 0 aliphatic heterocycles. The SMILES string of the molecule is CCCNc1cccnc1S(=O)(=O)NC(C)C(C)CC. The standard InChI is InChI=1S/C14H25N3O2S/c1-5-9-15-13-8-7-10-16-14(13)20(18,19)17-12(4)11(3)6-2/h7-8,10-12,15,17H,5-6,9H2,1-4H3. The maximum Gasteiger partial charge on any atom is 0.260 e. The van der Waals surface area contributed by atoms with E-state index in [2.05, 4.69) is 15.0 Å². The Labute approximate surface area is 122 Å². The minimum atomic E-state index is -3.60.